The Labute approximate surface area is 127 Å². The zero-order valence-corrected chi connectivity index (χ0v) is 13.1. The van der Waals surface area contributed by atoms with Gasteiger partial charge in [-0.2, -0.15) is 0 Å². The Kier molecular flexibility index (Phi) is 5.39. The predicted molar refractivity (Wildman–Crippen MR) is 85.6 cm³/mol. The standard InChI is InChI=1S/C17H24N2O2/c1-14-5-4-6-16(13-14)19-11-9-18(10-12-19)8-7-15(2)17(20)21-3/h4-7,13H,8-12H2,1-3H3. The zero-order valence-electron chi connectivity index (χ0n) is 13.1. The summed E-state index contributed by atoms with van der Waals surface area (Å²) < 4.78 is 4.70. The first-order valence-corrected chi connectivity index (χ1v) is 7.39. The number of carbonyl (C=O) groups is 1. The molecular formula is C17H24N2O2. The summed E-state index contributed by atoms with van der Waals surface area (Å²) in [6.45, 7) is 8.80. The lowest BCUT2D eigenvalue weighted by molar-refractivity contribution is -0.136. The van der Waals surface area contributed by atoms with E-state index in [1.54, 1.807) is 6.92 Å². The van der Waals surface area contributed by atoms with E-state index in [4.69, 9.17) is 4.74 Å². The van der Waals surface area contributed by atoms with Crippen LogP contribution in [0.4, 0.5) is 5.69 Å². The highest BCUT2D eigenvalue weighted by molar-refractivity contribution is 5.87. The van der Waals surface area contributed by atoms with Gasteiger partial charge in [0.2, 0.25) is 0 Å². The summed E-state index contributed by atoms with van der Waals surface area (Å²) in [4.78, 5) is 16.1. The third kappa shape index (κ3) is 4.33. The average Bonchev–Trinajstić information content (AvgIpc) is 2.52. The normalized spacial score (nSPS) is 16.9. The molecule has 4 nitrogen and oxygen atoms in total. The molecule has 0 unspecified atom stereocenters. The minimum atomic E-state index is -0.242. The Hall–Kier alpha value is -1.81. The first kappa shape index (κ1) is 15.6. The number of piperazine rings is 1. The van der Waals surface area contributed by atoms with Crippen molar-refractivity contribution in [2.24, 2.45) is 0 Å². The largest absolute Gasteiger partial charge is 0.466 e. The molecule has 0 atom stereocenters. The molecule has 4 heteroatoms. The molecule has 114 valence electrons. The van der Waals surface area contributed by atoms with E-state index in [9.17, 15) is 4.79 Å². The number of esters is 1. The Morgan fingerprint density at radius 2 is 2.00 bits per heavy atom. The fourth-order valence-electron chi connectivity index (χ4n) is 2.52. The maximum absolute atomic E-state index is 11.3. The Morgan fingerprint density at radius 3 is 2.62 bits per heavy atom. The minimum Gasteiger partial charge on any atom is -0.466 e. The van der Waals surface area contributed by atoms with Crippen molar-refractivity contribution in [1.82, 2.24) is 4.90 Å². The van der Waals surface area contributed by atoms with Gasteiger partial charge >= 0.3 is 5.97 Å². The van der Waals surface area contributed by atoms with Gasteiger partial charge in [0.15, 0.2) is 0 Å². The maximum atomic E-state index is 11.3. The fourth-order valence-corrected chi connectivity index (χ4v) is 2.52. The summed E-state index contributed by atoms with van der Waals surface area (Å²) in [7, 11) is 1.42. The second kappa shape index (κ2) is 7.27. The van der Waals surface area contributed by atoms with Crippen molar-refractivity contribution in [2.45, 2.75) is 13.8 Å². The average molecular weight is 288 g/mol. The first-order chi connectivity index (χ1) is 10.1. The molecule has 0 aliphatic carbocycles. The highest BCUT2D eigenvalue weighted by atomic mass is 16.5. The molecule has 21 heavy (non-hydrogen) atoms. The number of nitrogens with zero attached hydrogens (tertiary/aromatic N) is 2. The van der Waals surface area contributed by atoms with Crippen LogP contribution in [0.25, 0.3) is 0 Å². The molecule has 1 heterocycles. The van der Waals surface area contributed by atoms with Gasteiger partial charge in [0.25, 0.3) is 0 Å². The van der Waals surface area contributed by atoms with Crippen LogP contribution in [-0.2, 0) is 9.53 Å². The number of aryl methyl sites for hydroxylation is 1. The van der Waals surface area contributed by atoms with Gasteiger partial charge in [-0.25, -0.2) is 4.79 Å². The zero-order chi connectivity index (χ0) is 15.2. The molecule has 1 aliphatic heterocycles. The molecule has 1 fully saturated rings. The number of benzene rings is 1. The smallest absolute Gasteiger partial charge is 0.333 e. The number of anilines is 1. The van der Waals surface area contributed by atoms with Crippen LogP contribution in [-0.4, -0.2) is 50.7 Å². The summed E-state index contributed by atoms with van der Waals surface area (Å²) in [5, 5.41) is 0. The molecule has 2 rings (SSSR count). The molecule has 0 radical (unpaired) electrons. The highest BCUT2D eigenvalue weighted by Gasteiger charge is 2.16. The molecule has 1 aliphatic rings. The van der Waals surface area contributed by atoms with Crippen molar-refractivity contribution in [3.63, 3.8) is 0 Å². The van der Waals surface area contributed by atoms with E-state index >= 15 is 0 Å². The number of hydrogen-bond donors (Lipinski definition) is 0. The van der Waals surface area contributed by atoms with Gasteiger partial charge in [-0.1, -0.05) is 18.2 Å². The summed E-state index contributed by atoms with van der Waals surface area (Å²) in [5.74, 6) is -0.242. The predicted octanol–water partition coefficient (Wildman–Crippen LogP) is 2.24. The molecule has 0 amide bonds. The van der Waals surface area contributed by atoms with E-state index in [1.165, 1.54) is 18.4 Å². The summed E-state index contributed by atoms with van der Waals surface area (Å²) in [6, 6.07) is 8.64. The lowest BCUT2D eigenvalue weighted by Crippen LogP contribution is -2.46. The fraction of sp³-hybridized carbons (Fsp3) is 0.471. The lowest BCUT2D eigenvalue weighted by atomic mass is 10.2. The van der Waals surface area contributed by atoms with Crippen LogP contribution in [0.2, 0.25) is 0 Å². The van der Waals surface area contributed by atoms with Gasteiger partial charge in [-0.15, -0.1) is 0 Å². The van der Waals surface area contributed by atoms with Gasteiger partial charge in [-0.3, -0.25) is 4.90 Å². The van der Waals surface area contributed by atoms with Crippen molar-refractivity contribution < 1.29 is 9.53 Å². The second-order valence-electron chi connectivity index (χ2n) is 5.51. The van der Waals surface area contributed by atoms with Gasteiger partial charge in [0.05, 0.1) is 7.11 Å². The van der Waals surface area contributed by atoms with Gasteiger partial charge < -0.3 is 9.64 Å². The van der Waals surface area contributed by atoms with Crippen LogP contribution in [0.15, 0.2) is 35.9 Å². The summed E-state index contributed by atoms with van der Waals surface area (Å²) >= 11 is 0. The monoisotopic (exact) mass is 288 g/mol. The number of methoxy groups -OCH3 is 1. The van der Waals surface area contributed by atoms with Crippen LogP contribution in [0, 0.1) is 6.92 Å². The lowest BCUT2D eigenvalue weighted by Gasteiger charge is -2.35. The van der Waals surface area contributed by atoms with Crippen LogP contribution in [0.3, 0.4) is 0 Å². The van der Waals surface area contributed by atoms with Crippen LogP contribution < -0.4 is 4.90 Å². The molecule has 0 saturated carbocycles. The van der Waals surface area contributed by atoms with E-state index in [2.05, 4.69) is 41.0 Å². The number of hydrogen-bond acceptors (Lipinski definition) is 4. The van der Waals surface area contributed by atoms with Crippen molar-refractivity contribution >= 4 is 11.7 Å². The number of ether oxygens (including phenoxy) is 1. The highest BCUT2D eigenvalue weighted by Crippen LogP contribution is 2.17. The third-order valence-corrected chi connectivity index (χ3v) is 3.90. The van der Waals surface area contributed by atoms with E-state index in [0.717, 1.165) is 32.7 Å². The van der Waals surface area contributed by atoms with Crippen LogP contribution in [0.1, 0.15) is 12.5 Å². The minimum absolute atomic E-state index is 0.242. The van der Waals surface area contributed by atoms with Crippen molar-refractivity contribution in [2.75, 3.05) is 44.7 Å². The SMILES string of the molecule is COC(=O)C(C)=CCN1CCN(c2cccc(C)c2)CC1. The molecule has 0 bridgehead atoms. The number of rotatable bonds is 4. The quantitative estimate of drug-likeness (QED) is 0.628. The second-order valence-corrected chi connectivity index (χ2v) is 5.51. The van der Waals surface area contributed by atoms with Gasteiger partial charge in [-0.05, 0) is 31.5 Å². The number of carbonyl (C=O) groups excluding carboxylic acids is 1. The summed E-state index contributed by atoms with van der Waals surface area (Å²) in [5.41, 5.74) is 3.28. The van der Waals surface area contributed by atoms with Crippen molar-refractivity contribution in [3.05, 3.63) is 41.5 Å². The van der Waals surface area contributed by atoms with Crippen LogP contribution >= 0.6 is 0 Å². The van der Waals surface area contributed by atoms with Gasteiger partial charge in [0.1, 0.15) is 0 Å². The topological polar surface area (TPSA) is 32.8 Å². The van der Waals surface area contributed by atoms with E-state index in [0.29, 0.717) is 5.57 Å². The molecular weight excluding hydrogens is 264 g/mol. The van der Waals surface area contributed by atoms with E-state index < -0.39 is 0 Å². The Morgan fingerprint density at radius 1 is 1.29 bits per heavy atom. The van der Waals surface area contributed by atoms with E-state index in [-0.39, 0.29) is 5.97 Å². The molecule has 0 N–H and O–H groups in total. The molecule has 1 aromatic carbocycles. The molecule has 0 spiro atoms. The van der Waals surface area contributed by atoms with E-state index in [1.807, 2.05) is 6.08 Å². The first-order valence-electron chi connectivity index (χ1n) is 7.39. The Balaban J connectivity index is 1.85. The molecule has 1 saturated heterocycles. The molecule has 0 aromatic heterocycles. The molecule has 1 aromatic rings. The van der Waals surface area contributed by atoms with Crippen LogP contribution in [0.5, 0.6) is 0 Å². The third-order valence-electron chi connectivity index (χ3n) is 3.90. The van der Waals surface area contributed by atoms with Crippen molar-refractivity contribution in [1.29, 1.82) is 0 Å². The maximum Gasteiger partial charge on any atom is 0.333 e. The Bertz CT molecular complexity index is 517. The summed E-state index contributed by atoms with van der Waals surface area (Å²) in [6.07, 6.45) is 1.95. The van der Waals surface area contributed by atoms with Gasteiger partial charge in [0, 0.05) is 44.0 Å². The van der Waals surface area contributed by atoms with Crippen molar-refractivity contribution in [3.8, 4) is 0 Å².